The molecule has 4 rings (SSSR count). The smallest absolute Gasteiger partial charge is 0.263 e. The maximum atomic E-state index is 12.8. The second-order valence-electron chi connectivity index (χ2n) is 7.46. The van der Waals surface area contributed by atoms with E-state index < -0.39 is 16.1 Å². The predicted molar refractivity (Wildman–Crippen MR) is 107 cm³/mol. The van der Waals surface area contributed by atoms with Gasteiger partial charge in [-0.3, -0.25) is 9.52 Å². The summed E-state index contributed by atoms with van der Waals surface area (Å²) in [5.41, 5.74) is 1.18. The Morgan fingerprint density at radius 3 is 2.72 bits per heavy atom. The third kappa shape index (κ3) is 4.05. The first-order valence-electron chi connectivity index (χ1n) is 9.47. The van der Waals surface area contributed by atoms with Crippen LogP contribution in [-0.2, 0) is 21.4 Å². The number of hydrogen-bond donors (Lipinski definition) is 1. The van der Waals surface area contributed by atoms with E-state index in [0.29, 0.717) is 30.4 Å². The van der Waals surface area contributed by atoms with Gasteiger partial charge in [0.2, 0.25) is 0 Å². The number of hydrogen-bond acceptors (Lipinski definition) is 5. The summed E-state index contributed by atoms with van der Waals surface area (Å²) in [5.74, 6) is 1.06. The van der Waals surface area contributed by atoms with E-state index in [9.17, 15) is 18.5 Å². The number of anilines is 1. The van der Waals surface area contributed by atoms with Crippen LogP contribution in [0.5, 0.6) is 5.75 Å². The first-order valence-corrected chi connectivity index (χ1v) is 11.0. The van der Waals surface area contributed by atoms with E-state index in [1.54, 1.807) is 42.2 Å². The average molecular weight is 411 g/mol. The fourth-order valence-electron chi connectivity index (χ4n) is 3.43. The second kappa shape index (κ2) is 7.41. The van der Waals surface area contributed by atoms with Crippen molar-refractivity contribution in [1.29, 1.82) is 5.26 Å². The quantitative estimate of drug-likeness (QED) is 0.816. The molecule has 1 N–H and O–H groups in total. The highest BCUT2D eigenvalue weighted by Gasteiger charge is 2.32. The van der Waals surface area contributed by atoms with Crippen LogP contribution < -0.4 is 9.46 Å². The van der Waals surface area contributed by atoms with E-state index in [0.717, 1.165) is 18.4 Å². The Hall–Kier alpha value is -3.05. The zero-order valence-electron chi connectivity index (χ0n) is 16.0. The van der Waals surface area contributed by atoms with E-state index in [1.807, 2.05) is 6.07 Å². The Labute approximate surface area is 169 Å². The van der Waals surface area contributed by atoms with Crippen molar-refractivity contribution >= 4 is 21.6 Å². The zero-order valence-corrected chi connectivity index (χ0v) is 16.8. The van der Waals surface area contributed by atoms with Gasteiger partial charge in [-0.25, -0.2) is 8.42 Å². The number of rotatable bonds is 5. The summed E-state index contributed by atoms with van der Waals surface area (Å²) in [6.07, 6.45) is 1.67. The molecule has 0 radical (unpaired) electrons. The molecule has 29 heavy (non-hydrogen) atoms. The van der Waals surface area contributed by atoms with Gasteiger partial charge in [0, 0.05) is 24.3 Å². The highest BCUT2D eigenvalue weighted by atomic mass is 32.2. The minimum Gasteiger partial charge on any atom is -0.481 e. The number of nitriles is 1. The van der Waals surface area contributed by atoms with E-state index in [2.05, 4.69) is 4.72 Å². The molecule has 1 atom stereocenters. The second-order valence-corrected chi connectivity index (χ2v) is 9.11. The molecule has 2 aromatic rings. The highest BCUT2D eigenvalue weighted by Crippen LogP contribution is 2.34. The number of nitrogens with one attached hydrogen (secondary N) is 1. The minimum absolute atomic E-state index is 0.0572. The topological polar surface area (TPSA) is 99.5 Å². The van der Waals surface area contributed by atoms with Crippen LogP contribution in [0.3, 0.4) is 0 Å². The number of nitrogens with zero attached hydrogens (tertiary/aromatic N) is 2. The first-order chi connectivity index (χ1) is 13.9. The highest BCUT2D eigenvalue weighted by molar-refractivity contribution is 7.92. The molecule has 2 aromatic carbocycles. The van der Waals surface area contributed by atoms with Crippen molar-refractivity contribution in [2.24, 2.45) is 5.92 Å². The molecule has 1 unspecified atom stereocenters. The Kier molecular flexibility index (Phi) is 4.92. The van der Waals surface area contributed by atoms with Crippen LogP contribution in [0.2, 0.25) is 0 Å². The fourth-order valence-corrected chi connectivity index (χ4v) is 4.64. The summed E-state index contributed by atoms with van der Waals surface area (Å²) in [6.45, 7) is 2.80. The van der Waals surface area contributed by atoms with E-state index in [-0.39, 0.29) is 16.4 Å². The zero-order chi connectivity index (χ0) is 20.6. The fraction of sp³-hybridized carbons (Fsp3) is 0.333. The number of amides is 1. The molecule has 1 aliphatic heterocycles. The van der Waals surface area contributed by atoms with Crippen LogP contribution in [0, 0.1) is 17.2 Å². The Bertz CT molecular complexity index is 1100. The number of ether oxygens (including phenoxy) is 1. The molecule has 7 nitrogen and oxygen atoms in total. The molecule has 8 heteroatoms. The summed E-state index contributed by atoms with van der Waals surface area (Å²) < 4.78 is 33.9. The molecule has 1 heterocycles. The summed E-state index contributed by atoms with van der Waals surface area (Å²) in [4.78, 5) is 14.3. The van der Waals surface area contributed by atoms with Gasteiger partial charge in [-0.15, -0.1) is 0 Å². The summed E-state index contributed by atoms with van der Waals surface area (Å²) in [7, 11) is -3.93. The van der Waals surface area contributed by atoms with Gasteiger partial charge in [0.05, 0.1) is 5.56 Å². The molecule has 1 aliphatic carbocycles. The maximum Gasteiger partial charge on any atom is 0.263 e. The van der Waals surface area contributed by atoms with Crippen molar-refractivity contribution in [3.63, 3.8) is 0 Å². The molecule has 2 aliphatic rings. The molecule has 1 fully saturated rings. The lowest BCUT2D eigenvalue weighted by atomic mass is 10.1. The van der Waals surface area contributed by atoms with Crippen LogP contribution in [0.4, 0.5) is 5.69 Å². The van der Waals surface area contributed by atoms with Crippen molar-refractivity contribution < 1.29 is 17.9 Å². The largest absolute Gasteiger partial charge is 0.481 e. The van der Waals surface area contributed by atoms with Crippen LogP contribution in [-0.4, -0.2) is 31.9 Å². The third-order valence-corrected chi connectivity index (χ3v) is 6.55. The van der Waals surface area contributed by atoms with Gasteiger partial charge >= 0.3 is 0 Å². The number of carbonyl (C=O) groups excluding carboxylic acids is 1. The number of fused-ring (bicyclic) bond motifs is 1. The maximum absolute atomic E-state index is 12.8. The van der Waals surface area contributed by atoms with Crippen molar-refractivity contribution in [1.82, 2.24) is 4.90 Å². The van der Waals surface area contributed by atoms with Crippen molar-refractivity contribution in [2.75, 3.05) is 11.3 Å². The molecule has 0 saturated heterocycles. The molecule has 150 valence electrons. The first kappa shape index (κ1) is 19.3. The normalized spacial score (nSPS) is 19.0. The lowest BCUT2D eigenvalue weighted by molar-refractivity contribution is -0.137. The van der Waals surface area contributed by atoms with Crippen molar-refractivity contribution in [2.45, 2.75) is 37.3 Å². The molecule has 0 spiro atoms. The van der Waals surface area contributed by atoms with Crippen LogP contribution in [0.25, 0.3) is 0 Å². The van der Waals surface area contributed by atoms with Gasteiger partial charge in [0.25, 0.3) is 15.9 Å². The lowest BCUT2D eigenvalue weighted by Gasteiger charge is -2.22. The van der Waals surface area contributed by atoms with Crippen LogP contribution >= 0.6 is 0 Å². The Morgan fingerprint density at radius 2 is 2.00 bits per heavy atom. The number of carbonyl (C=O) groups is 1. The third-order valence-electron chi connectivity index (χ3n) is 5.11. The van der Waals surface area contributed by atoms with Gasteiger partial charge in [0.1, 0.15) is 16.7 Å². The van der Waals surface area contributed by atoms with Gasteiger partial charge in [-0.1, -0.05) is 12.1 Å². The Morgan fingerprint density at radius 1 is 1.24 bits per heavy atom. The summed E-state index contributed by atoms with van der Waals surface area (Å²) in [5, 5.41) is 9.20. The van der Waals surface area contributed by atoms with Gasteiger partial charge < -0.3 is 9.64 Å². The molecule has 0 aromatic heterocycles. The number of benzene rings is 2. The van der Waals surface area contributed by atoms with E-state index in [1.165, 1.54) is 12.1 Å². The lowest BCUT2D eigenvalue weighted by Crippen LogP contribution is -2.39. The van der Waals surface area contributed by atoms with Gasteiger partial charge in [-0.2, -0.15) is 5.26 Å². The minimum atomic E-state index is -3.93. The summed E-state index contributed by atoms with van der Waals surface area (Å²) >= 11 is 0. The van der Waals surface area contributed by atoms with Crippen LogP contribution in [0.15, 0.2) is 47.4 Å². The molecule has 1 amide bonds. The van der Waals surface area contributed by atoms with E-state index >= 15 is 0 Å². The number of sulfonamides is 1. The Balaban J connectivity index is 1.62. The summed E-state index contributed by atoms with van der Waals surface area (Å²) in [6, 6.07) is 12.9. The standard InChI is InChI=1S/C21H21N3O4S/c1-14-21(25)24(12-15-6-7-15)13-17-10-18(8-9-19(17)28-14)23-29(26,27)20-5-3-2-4-16(20)11-22/h2-5,8-10,14-15,23H,6-7,12-13H2,1H3. The molecule has 1 saturated carbocycles. The van der Waals surface area contributed by atoms with E-state index in [4.69, 9.17) is 4.74 Å². The van der Waals surface area contributed by atoms with Crippen LogP contribution in [0.1, 0.15) is 30.9 Å². The molecular formula is C21H21N3O4S. The SMILES string of the molecule is CC1Oc2ccc(NS(=O)(=O)c3ccccc3C#N)cc2CN(CC2CC2)C1=O. The molecule has 0 bridgehead atoms. The van der Waals surface area contributed by atoms with Crippen molar-refractivity contribution in [3.8, 4) is 11.8 Å². The average Bonchev–Trinajstić information content (AvgIpc) is 3.53. The van der Waals surface area contributed by atoms with Crippen molar-refractivity contribution in [3.05, 3.63) is 53.6 Å². The monoisotopic (exact) mass is 411 g/mol. The molecular weight excluding hydrogens is 390 g/mol. The predicted octanol–water partition coefficient (Wildman–Crippen LogP) is 2.88. The van der Waals surface area contributed by atoms with Gasteiger partial charge in [0.15, 0.2) is 6.10 Å². The van der Waals surface area contributed by atoms with Gasteiger partial charge in [-0.05, 0) is 56.0 Å².